The van der Waals surface area contributed by atoms with Crippen molar-refractivity contribution in [1.82, 2.24) is 24.8 Å². The summed E-state index contributed by atoms with van der Waals surface area (Å²) in [6.07, 6.45) is 4.49. The van der Waals surface area contributed by atoms with E-state index in [4.69, 9.17) is 0 Å². The zero-order valence-electron chi connectivity index (χ0n) is 14.3. The first-order valence-electron chi connectivity index (χ1n) is 8.92. The molecule has 1 aliphatic rings. The molecular weight excluding hydrogens is 310 g/mol. The summed E-state index contributed by atoms with van der Waals surface area (Å²) in [4.78, 5) is 18.3. The molecule has 25 heavy (non-hydrogen) atoms. The van der Waals surface area contributed by atoms with Crippen molar-refractivity contribution in [3.05, 3.63) is 47.9 Å². The number of imidazole rings is 1. The maximum Gasteiger partial charge on any atom is 0.158 e. The first-order valence-corrected chi connectivity index (χ1v) is 8.92. The zero-order valence-corrected chi connectivity index (χ0v) is 14.3. The SMILES string of the molecule is Cc1nc2c(-c3cc4cc(CN5CCCC5)ccc4[nH]3)ccnc2[nH]1. The zero-order chi connectivity index (χ0) is 16.8. The predicted octanol–water partition coefficient (Wildman–Crippen LogP) is 4.01. The molecule has 2 N–H and O–H groups in total. The van der Waals surface area contributed by atoms with E-state index in [2.05, 4.69) is 49.1 Å². The number of aromatic nitrogens is 4. The first-order chi connectivity index (χ1) is 12.3. The second kappa shape index (κ2) is 5.70. The molecule has 0 spiro atoms. The highest BCUT2D eigenvalue weighted by molar-refractivity contribution is 5.94. The molecule has 4 aromatic rings. The van der Waals surface area contributed by atoms with Crippen LogP contribution in [0.25, 0.3) is 33.3 Å². The molecule has 0 amide bonds. The molecule has 3 aromatic heterocycles. The Morgan fingerprint density at radius 3 is 2.84 bits per heavy atom. The number of nitrogens with zero attached hydrogens (tertiary/aromatic N) is 3. The van der Waals surface area contributed by atoms with Gasteiger partial charge in [-0.25, -0.2) is 9.97 Å². The van der Waals surface area contributed by atoms with Crippen molar-refractivity contribution in [2.24, 2.45) is 0 Å². The molecule has 1 aliphatic heterocycles. The number of hydrogen-bond acceptors (Lipinski definition) is 3. The molecule has 0 atom stereocenters. The smallest absolute Gasteiger partial charge is 0.158 e. The molecule has 4 heterocycles. The number of pyridine rings is 1. The van der Waals surface area contributed by atoms with Gasteiger partial charge in [0.15, 0.2) is 5.65 Å². The summed E-state index contributed by atoms with van der Waals surface area (Å²) >= 11 is 0. The van der Waals surface area contributed by atoms with Gasteiger partial charge in [0.05, 0.1) is 0 Å². The summed E-state index contributed by atoms with van der Waals surface area (Å²) in [5.74, 6) is 0.888. The average Bonchev–Trinajstić information content (AvgIpc) is 3.32. The minimum atomic E-state index is 0.836. The Balaban J connectivity index is 1.55. The summed E-state index contributed by atoms with van der Waals surface area (Å²) in [5, 5.41) is 1.25. The number of nitrogens with one attached hydrogen (secondary N) is 2. The molecule has 5 rings (SSSR count). The van der Waals surface area contributed by atoms with E-state index in [1.54, 1.807) is 0 Å². The van der Waals surface area contributed by atoms with E-state index in [1.165, 1.54) is 36.9 Å². The van der Waals surface area contributed by atoms with Crippen LogP contribution in [0, 0.1) is 6.92 Å². The Bertz CT molecular complexity index is 1050. The normalized spacial score (nSPS) is 15.6. The van der Waals surface area contributed by atoms with Gasteiger partial charge in [0.25, 0.3) is 0 Å². The number of fused-ring (bicyclic) bond motifs is 2. The van der Waals surface area contributed by atoms with Crippen LogP contribution in [0.1, 0.15) is 24.2 Å². The number of hydrogen-bond donors (Lipinski definition) is 2. The van der Waals surface area contributed by atoms with Crippen LogP contribution in [0.4, 0.5) is 0 Å². The van der Waals surface area contributed by atoms with Gasteiger partial charge < -0.3 is 9.97 Å². The fraction of sp³-hybridized carbons (Fsp3) is 0.300. The predicted molar refractivity (Wildman–Crippen MR) is 100 cm³/mol. The van der Waals surface area contributed by atoms with Gasteiger partial charge >= 0.3 is 0 Å². The maximum atomic E-state index is 4.60. The lowest BCUT2D eigenvalue weighted by Gasteiger charge is -2.14. The Morgan fingerprint density at radius 2 is 1.96 bits per heavy atom. The fourth-order valence-corrected chi connectivity index (χ4v) is 3.87. The fourth-order valence-electron chi connectivity index (χ4n) is 3.87. The summed E-state index contributed by atoms with van der Waals surface area (Å²) in [7, 11) is 0. The Labute approximate surface area is 146 Å². The Hall–Kier alpha value is -2.66. The topological polar surface area (TPSA) is 60.6 Å². The van der Waals surface area contributed by atoms with E-state index in [-0.39, 0.29) is 0 Å². The monoisotopic (exact) mass is 331 g/mol. The van der Waals surface area contributed by atoms with Gasteiger partial charge in [0.2, 0.25) is 0 Å². The van der Waals surface area contributed by atoms with Crippen molar-refractivity contribution in [1.29, 1.82) is 0 Å². The van der Waals surface area contributed by atoms with E-state index in [1.807, 2.05) is 19.2 Å². The molecule has 0 bridgehead atoms. The Kier molecular flexibility index (Phi) is 3.35. The molecule has 126 valence electrons. The van der Waals surface area contributed by atoms with Crippen LogP contribution in [0.3, 0.4) is 0 Å². The summed E-state index contributed by atoms with van der Waals surface area (Å²) in [5.41, 5.74) is 6.49. The molecule has 5 heteroatoms. The van der Waals surface area contributed by atoms with Crippen LogP contribution in [0.2, 0.25) is 0 Å². The number of rotatable bonds is 3. The van der Waals surface area contributed by atoms with Crippen molar-refractivity contribution in [2.45, 2.75) is 26.3 Å². The molecule has 0 radical (unpaired) electrons. The van der Waals surface area contributed by atoms with Crippen LogP contribution in [0.15, 0.2) is 36.5 Å². The van der Waals surface area contributed by atoms with Gasteiger partial charge in [0.1, 0.15) is 11.3 Å². The molecule has 1 saturated heterocycles. The number of aromatic amines is 2. The van der Waals surface area contributed by atoms with E-state index < -0.39 is 0 Å². The van der Waals surface area contributed by atoms with Crippen LogP contribution in [-0.2, 0) is 6.54 Å². The maximum absolute atomic E-state index is 4.60. The van der Waals surface area contributed by atoms with E-state index in [0.717, 1.165) is 40.3 Å². The summed E-state index contributed by atoms with van der Waals surface area (Å²) in [6, 6.07) is 11.0. The van der Waals surface area contributed by atoms with E-state index in [0.29, 0.717) is 0 Å². The van der Waals surface area contributed by atoms with Crippen LogP contribution >= 0.6 is 0 Å². The van der Waals surface area contributed by atoms with Crippen LogP contribution in [0.5, 0.6) is 0 Å². The molecular formula is C20H21N5. The average molecular weight is 331 g/mol. The third kappa shape index (κ3) is 2.61. The standard InChI is InChI=1S/C20H21N5/c1-13-22-19-16(6-7-21-20(19)23-13)18-11-15-10-14(4-5-17(15)24-18)12-25-8-2-3-9-25/h4-7,10-11,24H,2-3,8-9,12H2,1H3,(H,21,22,23). The van der Waals surface area contributed by atoms with Gasteiger partial charge in [-0.2, -0.15) is 0 Å². The van der Waals surface area contributed by atoms with Gasteiger partial charge in [0, 0.05) is 34.9 Å². The molecule has 0 aliphatic carbocycles. The summed E-state index contributed by atoms with van der Waals surface area (Å²) in [6.45, 7) is 5.46. The number of aryl methyl sites for hydroxylation is 1. The molecule has 1 aromatic carbocycles. The van der Waals surface area contributed by atoms with Gasteiger partial charge in [-0.05, 0) is 62.7 Å². The van der Waals surface area contributed by atoms with Gasteiger partial charge in [-0.15, -0.1) is 0 Å². The lowest BCUT2D eigenvalue weighted by Crippen LogP contribution is -2.18. The van der Waals surface area contributed by atoms with Crippen LogP contribution in [-0.4, -0.2) is 37.9 Å². The highest BCUT2D eigenvalue weighted by Crippen LogP contribution is 2.29. The lowest BCUT2D eigenvalue weighted by atomic mass is 10.1. The van der Waals surface area contributed by atoms with E-state index >= 15 is 0 Å². The highest BCUT2D eigenvalue weighted by atomic mass is 15.1. The Morgan fingerprint density at radius 1 is 1.08 bits per heavy atom. The minimum Gasteiger partial charge on any atom is -0.354 e. The van der Waals surface area contributed by atoms with Gasteiger partial charge in [-0.1, -0.05) is 6.07 Å². The number of H-pyrrole nitrogens is 2. The van der Waals surface area contributed by atoms with Crippen molar-refractivity contribution in [3.8, 4) is 11.3 Å². The second-order valence-electron chi connectivity index (χ2n) is 6.97. The molecule has 0 unspecified atom stereocenters. The third-order valence-electron chi connectivity index (χ3n) is 5.08. The van der Waals surface area contributed by atoms with Crippen molar-refractivity contribution in [2.75, 3.05) is 13.1 Å². The quantitative estimate of drug-likeness (QED) is 0.596. The van der Waals surface area contributed by atoms with Crippen LogP contribution < -0.4 is 0 Å². The minimum absolute atomic E-state index is 0.836. The number of likely N-dealkylation sites (tertiary alicyclic amines) is 1. The summed E-state index contributed by atoms with van der Waals surface area (Å²) < 4.78 is 0. The first kappa shape index (κ1) is 14.7. The lowest BCUT2D eigenvalue weighted by molar-refractivity contribution is 0.331. The molecule has 1 fully saturated rings. The third-order valence-corrected chi connectivity index (χ3v) is 5.08. The highest BCUT2D eigenvalue weighted by Gasteiger charge is 2.14. The van der Waals surface area contributed by atoms with E-state index in [9.17, 15) is 0 Å². The molecule has 5 nitrogen and oxygen atoms in total. The molecule has 0 saturated carbocycles. The van der Waals surface area contributed by atoms with Gasteiger partial charge in [-0.3, -0.25) is 4.90 Å². The number of benzene rings is 1. The largest absolute Gasteiger partial charge is 0.354 e. The second-order valence-corrected chi connectivity index (χ2v) is 6.97. The van der Waals surface area contributed by atoms with Crippen molar-refractivity contribution >= 4 is 22.1 Å². The van der Waals surface area contributed by atoms with Crippen molar-refractivity contribution < 1.29 is 0 Å². The van der Waals surface area contributed by atoms with Crippen molar-refractivity contribution in [3.63, 3.8) is 0 Å².